The first-order valence-electron chi connectivity index (χ1n) is 20.2. The van der Waals surface area contributed by atoms with E-state index in [9.17, 15) is 33.0 Å². The summed E-state index contributed by atoms with van der Waals surface area (Å²) in [4.78, 5) is 30.6. The minimum Gasteiger partial charge on any atom is -0.410 e. The van der Waals surface area contributed by atoms with Crippen molar-refractivity contribution in [1.82, 2.24) is 4.90 Å². The van der Waals surface area contributed by atoms with E-state index in [1.165, 1.54) is 12.1 Å². The standard InChI is InChI=1S/C46H50F3NO6/c1-41-17-14-33(51)25-43(41)20-21-45(36(26-43)39(52)31-9-5-10-32(23-31)46(47,48)49)37(41)15-18-42(2)38(45)16-19-44(42,54)28-50(27-35-11-6-22-55-35)40(53)56-34-13-12-29-7-3-4-8-30(29)24-34/h3-5,7-10,12-13,20-21,23-24,26,33,35,37-38,51,54H,6,11,14-19,22,25,27-28H2,1-2H3/t33?,35-,37-,38-,41-,42+,43+,44-,45-/m1/s1. The molecule has 9 atom stereocenters. The maximum atomic E-state index is 14.9. The lowest BCUT2D eigenvalue weighted by atomic mass is 9.32. The van der Waals surface area contributed by atoms with E-state index >= 15 is 0 Å². The Balaban J connectivity index is 1.09. The summed E-state index contributed by atoms with van der Waals surface area (Å²) in [6.07, 6.45) is 6.09. The van der Waals surface area contributed by atoms with Gasteiger partial charge in [-0.15, -0.1) is 0 Å². The molecule has 1 aliphatic heterocycles. The highest BCUT2D eigenvalue weighted by Gasteiger charge is 2.74. The molecule has 10 heteroatoms. The lowest BCUT2D eigenvalue weighted by molar-refractivity contribution is -0.175. The van der Waals surface area contributed by atoms with Gasteiger partial charge in [-0.1, -0.05) is 74.5 Å². The number of nitrogens with zero attached hydrogens (tertiary/aromatic N) is 1. The second-order valence-corrected chi connectivity index (χ2v) is 18.1. The number of rotatable bonds is 7. The quantitative estimate of drug-likeness (QED) is 0.184. The van der Waals surface area contributed by atoms with Crippen LogP contribution in [0.5, 0.6) is 5.75 Å². The molecular weight excluding hydrogens is 720 g/mol. The number of allylic oxidation sites excluding steroid dienone is 4. The van der Waals surface area contributed by atoms with E-state index < -0.39 is 51.6 Å². The molecule has 3 aromatic rings. The molecule has 3 aromatic carbocycles. The van der Waals surface area contributed by atoms with Gasteiger partial charge in [-0.3, -0.25) is 4.79 Å². The number of halogens is 3. The van der Waals surface area contributed by atoms with Gasteiger partial charge in [-0.2, -0.15) is 13.2 Å². The summed E-state index contributed by atoms with van der Waals surface area (Å²) in [7, 11) is 0. The van der Waals surface area contributed by atoms with E-state index in [1.54, 1.807) is 11.0 Å². The fraction of sp³-hybridized carbons (Fsp3) is 0.522. The molecule has 7 nitrogen and oxygen atoms in total. The van der Waals surface area contributed by atoms with Crippen molar-refractivity contribution in [2.24, 2.45) is 33.5 Å². The van der Waals surface area contributed by atoms with Crippen molar-refractivity contribution in [2.45, 2.75) is 95.6 Å². The highest BCUT2D eigenvalue weighted by molar-refractivity contribution is 6.10. The van der Waals surface area contributed by atoms with E-state index in [4.69, 9.17) is 9.47 Å². The van der Waals surface area contributed by atoms with E-state index in [-0.39, 0.29) is 42.0 Å². The molecule has 4 fully saturated rings. The molecule has 56 heavy (non-hydrogen) atoms. The van der Waals surface area contributed by atoms with E-state index in [2.05, 4.69) is 26.0 Å². The predicted octanol–water partition coefficient (Wildman–Crippen LogP) is 9.31. The molecule has 1 heterocycles. The summed E-state index contributed by atoms with van der Waals surface area (Å²) in [6, 6.07) is 18.0. The Bertz CT molecular complexity index is 2140. The van der Waals surface area contributed by atoms with E-state index in [0.29, 0.717) is 56.5 Å². The Morgan fingerprint density at radius 2 is 1.64 bits per heavy atom. The number of amides is 1. The zero-order valence-electron chi connectivity index (χ0n) is 32.0. The first-order chi connectivity index (χ1) is 26.6. The fourth-order valence-corrected chi connectivity index (χ4v) is 12.5. The van der Waals surface area contributed by atoms with Gasteiger partial charge in [0.15, 0.2) is 5.78 Å². The lowest BCUT2D eigenvalue weighted by Crippen LogP contribution is -2.67. The van der Waals surface area contributed by atoms with Crippen LogP contribution in [0.25, 0.3) is 10.8 Å². The van der Waals surface area contributed by atoms with Gasteiger partial charge in [0, 0.05) is 34.0 Å². The number of ketones is 1. The van der Waals surface area contributed by atoms with Crippen molar-refractivity contribution >= 4 is 22.6 Å². The first kappa shape index (κ1) is 37.6. The van der Waals surface area contributed by atoms with Crippen LogP contribution in [0.2, 0.25) is 0 Å². The van der Waals surface area contributed by atoms with Crippen LogP contribution in [0.15, 0.2) is 90.5 Å². The Morgan fingerprint density at radius 3 is 2.41 bits per heavy atom. The number of alkyl halides is 3. The normalized spacial score (nSPS) is 37.1. The average molecular weight is 770 g/mol. The predicted molar refractivity (Wildman–Crippen MR) is 205 cm³/mol. The highest BCUT2D eigenvalue weighted by atomic mass is 19.4. The number of carbonyl (C=O) groups is 2. The number of ether oxygens (including phenoxy) is 2. The van der Waals surface area contributed by atoms with Crippen LogP contribution in [0.1, 0.15) is 87.6 Å². The minimum absolute atomic E-state index is 0.00472. The summed E-state index contributed by atoms with van der Waals surface area (Å²) >= 11 is 0. The number of hydrogen-bond acceptors (Lipinski definition) is 6. The van der Waals surface area contributed by atoms with Gasteiger partial charge in [0.05, 0.1) is 36.5 Å². The summed E-state index contributed by atoms with van der Waals surface area (Å²) in [6.45, 7) is 5.21. The van der Waals surface area contributed by atoms with Crippen LogP contribution in [0.3, 0.4) is 0 Å². The third-order valence-corrected chi connectivity index (χ3v) is 15.5. The third-order valence-electron chi connectivity index (χ3n) is 15.5. The van der Waals surface area contributed by atoms with Crippen molar-refractivity contribution in [1.29, 1.82) is 0 Å². The number of aliphatic hydroxyl groups is 2. The Kier molecular flexibility index (Phi) is 8.73. The molecule has 1 unspecified atom stereocenters. The molecule has 296 valence electrons. The van der Waals surface area contributed by atoms with Gasteiger partial charge in [0.1, 0.15) is 5.75 Å². The van der Waals surface area contributed by atoms with Crippen molar-refractivity contribution in [3.8, 4) is 5.75 Å². The second-order valence-electron chi connectivity index (χ2n) is 18.1. The molecule has 2 spiro atoms. The maximum Gasteiger partial charge on any atom is 0.416 e. The smallest absolute Gasteiger partial charge is 0.410 e. The van der Waals surface area contributed by atoms with Crippen molar-refractivity contribution < 1.29 is 42.4 Å². The largest absolute Gasteiger partial charge is 0.416 e. The van der Waals surface area contributed by atoms with E-state index in [0.717, 1.165) is 42.2 Å². The Labute approximate surface area is 325 Å². The van der Waals surface area contributed by atoms with Gasteiger partial charge in [-0.25, -0.2) is 4.79 Å². The van der Waals surface area contributed by atoms with Gasteiger partial charge in [0.25, 0.3) is 0 Å². The summed E-state index contributed by atoms with van der Waals surface area (Å²) in [5.41, 5.74) is -4.37. The van der Waals surface area contributed by atoms with Crippen molar-refractivity contribution in [3.63, 3.8) is 0 Å². The molecule has 6 aliphatic carbocycles. The number of aliphatic hydroxyl groups excluding tert-OH is 1. The third kappa shape index (κ3) is 5.56. The number of fused-ring (bicyclic) bond motifs is 2. The second kappa shape index (κ2) is 13.0. The van der Waals surface area contributed by atoms with Crippen LogP contribution in [0.4, 0.5) is 18.0 Å². The summed E-state index contributed by atoms with van der Waals surface area (Å²) < 4.78 is 53.9. The van der Waals surface area contributed by atoms with Crippen molar-refractivity contribution in [3.05, 3.63) is 102 Å². The number of carbonyl (C=O) groups excluding carboxylic acids is 2. The van der Waals surface area contributed by atoms with Gasteiger partial charge in [0.2, 0.25) is 0 Å². The molecule has 1 amide bonds. The van der Waals surface area contributed by atoms with Gasteiger partial charge >= 0.3 is 12.3 Å². The molecule has 0 radical (unpaired) electrons. The Hall–Kier alpha value is -3.99. The monoisotopic (exact) mass is 769 g/mol. The minimum atomic E-state index is -4.61. The molecule has 0 aromatic heterocycles. The van der Waals surface area contributed by atoms with Crippen LogP contribution in [0, 0.1) is 33.5 Å². The maximum absolute atomic E-state index is 14.9. The summed E-state index contributed by atoms with van der Waals surface area (Å²) in [5, 5.41) is 26.0. The highest BCUT2D eigenvalue weighted by Crippen LogP contribution is 2.78. The molecule has 3 saturated carbocycles. The van der Waals surface area contributed by atoms with Crippen LogP contribution >= 0.6 is 0 Å². The Morgan fingerprint density at radius 1 is 0.893 bits per heavy atom. The number of hydrogen-bond donors (Lipinski definition) is 2. The zero-order valence-corrected chi connectivity index (χ0v) is 32.0. The number of benzene rings is 3. The van der Waals surface area contributed by atoms with Crippen LogP contribution in [-0.4, -0.2) is 64.5 Å². The van der Waals surface area contributed by atoms with Crippen LogP contribution in [-0.2, 0) is 10.9 Å². The number of Topliss-reactive ketones (excluding diaryl/α,β-unsaturated/α-hetero) is 1. The fourth-order valence-electron chi connectivity index (χ4n) is 12.5. The van der Waals surface area contributed by atoms with Crippen LogP contribution < -0.4 is 4.74 Å². The molecule has 10 rings (SSSR count). The van der Waals surface area contributed by atoms with Gasteiger partial charge in [-0.05, 0) is 110 Å². The average Bonchev–Trinajstić information content (AvgIpc) is 3.79. The first-order valence-corrected chi connectivity index (χ1v) is 20.2. The molecule has 2 N–H and O–H groups in total. The summed E-state index contributed by atoms with van der Waals surface area (Å²) in [5.74, 6) is -0.326. The molecular formula is C46H50F3NO6. The lowest BCUT2D eigenvalue weighted by Gasteiger charge is -2.71. The van der Waals surface area contributed by atoms with E-state index in [1.807, 2.05) is 42.5 Å². The molecule has 2 bridgehead atoms. The van der Waals surface area contributed by atoms with Gasteiger partial charge < -0.3 is 24.6 Å². The zero-order chi connectivity index (χ0) is 39.3. The SMILES string of the molecule is C[C@]12CC[C@H]3[C@]4(C=C[C@@]5(C=C4C(=O)c4cccc(C(F)(F)F)c4)CC(O)CC[C@]35C)[C@@H]1CC[C@@]2(O)CN(C[C@H]1CCCO1)C(=O)Oc1ccc2ccccc2c1. The van der Waals surface area contributed by atoms with Crippen molar-refractivity contribution in [2.75, 3.05) is 19.7 Å². The molecule has 1 saturated heterocycles. The topological polar surface area (TPSA) is 96.3 Å². The molecule has 7 aliphatic rings.